The first-order valence-corrected chi connectivity index (χ1v) is 4.84. The van der Waals surface area contributed by atoms with E-state index in [9.17, 15) is 4.79 Å². The van der Waals surface area contributed by atoms with Crippen molar-refractivity contribution in [3.63, 3.8) is 0 Å². The van der Waals surface area contributed by atoms with Gasteiger partial charge in [-0.05, 0) is 13.0 Å². The topological polar surface area (TPSA) is 38.8 Å². The number of hydrogen-bond donors (Lipinski definition) is 0. The van der Waals surface area contributed by atoms with Crippen molar-refractivity contribution in [2.45, 2.75) is 13.3 Å². The maximum atomic E-state index is 11.0. The summed E-state index contributed by atoms with van der Waals surface area (Å²) in [6.07, 6.45) is 0.480. The van der Waals surface area contributed by atoms with Gasteiger partial charge in [0.2, 0.25) is 0 Å². The van der Waals surface area contributed by atoms with E-state index >= 15 is 0 Å². The van der Waals surface area contributed by atoms with Crippen LogP contribution in [0.1, 0.15) is 13.3 Å². The molecule has 0 radical (unpaired) electrons. The Morgan fingerprint density at radius 2 is 2.07 bits per heavy atom. The predicted molar refractivity (Wildman–Crippen MR) is 55.2 cm³/mol. The predicted octanol–water partition coefficient (Wildman–Crippen LogP) is 0.764. The summed E-state index contributed by atoms with van der Waals surface area (Å²) in [6, 6.07) is 0. The zero-order valence-corrected chi connectivity index (χ0v) is 9.58. The minimum absolute atomic E-state index is 0.141. The molecule has 0 aromatic heterocycles. The van der Waals surface area contributed by atoms with Crippen molar-refractivity contribution in [3.8, 4) is 0 Å². The van der Waals surface area contributed by atoms with E-state index in [0.717, 1.165) is 19.7 Å². The van der Waals surface area contributed by atoms with Crippen LogP contribution >= 0.6 is 0 Å². The van der Waals surface area contributed by atoms with Gasteiger partial charge in [-0.25, -0.2) is 0 Å². The number of nitrogens with zero attached hydrogens (tertiary/aromatic N) is 1. The number of rotatable bonds is 7. The van der Waals surface area contributed by atoms with Crippen molar-refractivity contribution >= 4 is 5.97 Å². The van der Waals surface area contributed by atoms with E-state index in [1.165, 1.54) is 7.11 Å². The van der Waals surface area contributed by atoms with Crippen LogP contribution in [-0.4, -0.2) is 51.8 Å². The van der Waals surface area contributed by atoms with Crippen molar-refractivity contribution in [2.75, 3.05) is 41.0 Å². The zero-order valence-electron chi connectivity index (χ0n) is 9.58. The Kier molecular flexibility index (Phi) is 7.42. The molecule has 14 heavy (non-hydrogen) atoms. The Labute approximate surface area is 86.2 Å². The lowest BCUT2D eigenvalue weighted by Gasteiger charge is -2.19. The van der Waals surface area contributed by atoms with Crippen LogP contribution in [0.2, 0.25) is 0 Å². The number of methoxy groups -OCH3 is 2. The number of ether oxygens (including phenoxy) is 2. The van der Waals surface area contributed by atoms with Crippen LogP contribution in [0.5, 0.6) is 0 Å². The molecule has 0 spiro atoms. The normalized spacial score (nSPS) is 12.9. The highest BCUT2D eigenvalue weighted by Crippen LogP contribution is 2.04. The maximum Gasteiger partial charge on any atom is 0.305 e. The van der Waals surface area contributed by atoms with Crippen molar-refractivity contribution in [3.05, 3.63) is 0 Å². The van der Waals surface area contributed by atoms with Gasteiger partial charge < -0.3 is 14.4 Å². The Morgan fingerprint density at radius 1 is 1.43 bits per heavy atom. The summed E-state index contributed by atoms with van der Waals surface area (Å²) in [6.45, 7) is 4.54. The van der Waals surface area contributed by atoms with E-state index in [1.54, 1.807) is 7.11 Å². The summed E-state index contributed by atoms with van der Waals surface area (Å²) in [7, 11) is 5.13. The zero-order chi connectivity index (χ0) is 11.0. The van der Waals surface area contributed by atoms with Crippen molar-refractivity contribution in [2.24, 2.45) is 5.92 Å². The lowest BCUT2D eigenvalue weighted by Crippen LogP contribution is -2.28. The van der Waals surface area contributed by atoms with Gasteiger partial charge in [0.1, 0.15) is 0 Å². The first kappa shape index (κ1) is 13.4. The van der Waals surface area contributed by atoms with E-state index in [1.807, 2.05) is 14.0 Å². The molecule has 84 valence electrons. The maximum absolute atomic E-state index is 11.0. The number of carbonyl (C=O) groups excluding carboxylic acids is 1. The van der Waals surface area contributed by atoms with Gasteiger partial charge in [0.25, 0.3) is 0 Å². The number of esters is 1. The van der Waals surface area contributed by atoms with E-state index in [0.29, 0.717) is 12.3 Å². The first-order chi connectivity index (χ1) is 6.60. The quantitative estimate of drug-likeness (QED) is 0.573. The van der Waals surface area contributed by atoms with E-state index in [4.69, 9.17) is 4.74 Å². The van der Waals surface area contributed by atoms with Crippen molar-refractivity contribution < 1.29 is 14.3 Å². The molecule has 4 heteroatoms. The van der Waals surface area contributed by atoms with Gasteiger partial charge in [-0.2, -0.15) is 0 Å². The molecule has 0 aliphatic heterocycles. The third kappa shape index (κ3) is 6.86. The van der Waals surface area contributed by atoms with Crippen LogP contribution in [0.15, 0.2) is 0 Å². The van der Waals surface area contributed by atoms with E-state index < -0.39 is 0 Å². The number of carbonyl (C=O) groups is 1. The monoisotopic (exact) mass is 203 g/mol. The summed E-state index contributed by atoms with van der Waals surface area (Å²) >= 11 is 0. The molecule has 0 N–H and O–H groups in total. The number of hydrogen-bond acceptors (Lipinski definition) is 4. The van der Waals surface area contributed by atoms with Crippen LogP contribution < -0.4 is 0 Å². The van der Waals surface area contributed by atoms with Gasteiger partial charge in [-0.3, -0.25) is 4.79 Å². The molecule has 0 bridgehead atoms. The fraction of sp³-hybridized carbons (Fsp3) is 0.900. The third-order valence-electron chi connectivity index (χ3n) is 2.04. The van der Waals surface area contributed by atoms with Crippen LogP contribution in [0.3, 0.4) is 0 Å². The molecule has 0 amide bonds. The third-order valence-corrected chi connectivity index (χ3v) is 2.04. The molecular formula is C10H21NO3. The standard InChI is InChI=1S/C10H21NO3/c1-9(7-10(12)14-4)8-11(2)5-6-13-3/h9H,5-8H2,1-4H3. The molecule has 0 aromatic carbocycles. The summed E-state index contributed by atoms with van der Waals surface area (Å²) < 4.78 is 9.56. The second-order valence-corrected chi connectivity index (χ2v) is 3.64. The summed E-state index contributed by atoms with van der Waals surface area (Å²) in [4.78, 5) is 13.1. The van der Waals surface area contributed by atoms with Gasteiger partial charge in [-0.1, -0.05) is 6.92 Å². The molecule has 0 aliphatic carbocycles. The molecule has 0 fully saturated rings. The largest absolute Gasteiger partial charge is 0.469 e. The molecule has 0 heterocycles. The summed E-state index contributed by atoms with van der Waals surface area (Å²) in [5, 5.41) is 0. The van der Waals surface area contributed by atoms with E-state index in [-0.39, 0.29) is 5.97 Å². The Bertz CT molecular complexity index is 161. The SMILES string of the molecule is COCCN(C)CC(C)CC(=O)OC. The molecule has 0 aromatic rings. The van der Waals surface area contributed by atoms with Crippen LogP contribution in [0.25, 0.3) is 0 Å². The number of likely N-dealkylation sites (N-methyl/N-ethyl adjacent to an activating group) is 1. The molecular weight excluding hydrogens is 182 g/mol. The first-order valence-electron chi connectivity index (χ1n) is 4.84. The summed E-state index contributed by atoms with van der Waals surface area (Å²) in [5.74, 6) is 0.182. The minimum atomic E-state index is -0.141. The molecule has 1 atom stereocenters. The molecule has 0 aliphatic rings. The Balaban J connectivity index is 3.59. The fourth-order valence-corrected chi connectivity index (χ4v) is 1.30. The van der Waals surface area contributed by atoms with Crippen LogP contribution in [0, 0.1) is 5.92 Å². The molecule has 0 saturated heterocycles. The highest BCUT2D eigenvalue weighted by molar-refractivity contribution is 5.69. The fourth-order valence-electron chi connectivity index (χ4n) is 1.30. The smallest absolute Gasteiger partial charge is 0.305 e. The Hall–Kier alpha value is -0.610. The van der Waals surface area contributed by atoms with Gasteiger partial charge in [0, 0.05) is 26.6 Å². The Morgan fingerprint density at radius 3 is 2.57 bits per heavy atom. The minimum Gasteiger partial charge on any atom is -0.469 e. The average molecular weight is 203 g/mol. The molecule has 0 saturated carbocycles. The second-order valence-electron chi connectivity index (χ2n) is 3.64. The van der Waals surface area contributed by atoms with E-state index in [2.05, 4.69) is 9.64 Å². The van der Waals surface area contributed by atoms with Crippen LogP contribution in [-0.2, 0) is 14.3 Å². The van der Waals surface area contributed by atoms with Gasteiger partial charge in [-0.15, -0.1) is 0 Å². The highest BCUT2D eigenvalue weighted by atomic mass is 16.5. The highest BCUT2D eigenvalue weighted by Gasteiger charge is 2.11. The molecule has 1 unspecified atom stereocenters. The van der Waals surface area contributed by atoms with Gasteiger partial charge in [0.15, 0.2) is 0 Å². The second kappa shape index (κ2) is 7.76. The van der Waals surface area contributed by atoms with Crippen molar-refractivity contribution in [1.29, 1.82) is 0 Å². The lowest BCUT2D eigenvalue weighted by molar-refractivity contribution is -0.141. The average Bonchev–Trinajstić information content (AvgIpc) is 2.14. The summed E-state index contributed by atoms with van der Waals surface area (Å²) in [5.41, 5.74) is 0. The van der Waals surface area contributed by atoms with Gasteiger partial charge in [0.05, 0.1) is 13.7 Å². The van der Waals surface area contributed by atoms with Crippen LogP contribution in [0.4, 0.5) is 0 Å². The van der Waals surface area contributed by atoms with Crippen molar-refractivity contribution in [1.82, 2.24) is 4.90 Å². The molecule has 4 nitrogen and oxygen atoms in total. The van der Waals surface area contributed by atoms with Gasteiger partial charge >= 0.3 is 5.97 Å². The lowest BCUT2D eigenvalue weighted by atomic mass is 10.1. The molecule has 0 rings (SSSR count).